The molecule has 180 valence electrons. The lowest BCUT2D eigenvalue weighted by Crippen LogP contribution is -2.49. The first-order chi connectivity index (χ1) is 15.4. The number of rotatable bonds is 14. The van der Waals surface area contributed by atoms with Gasteiger partial charge < -0.3 is 14.2 Å². The van der Waals surface area contributed by atoms with Crippen molar-refractivity contribution >= 4 is 11.9 Å². The predicted octanol–water partition coefficient (Wildman–Crippen LogP) is 6.99. The highest BCUT2D eigenvalue weighted by atomic mass is 16.7. The topological polar surface area (TPSA) is 61.8 Å². The number of hydrogen-bond acceptors (Lipinski definition) is 5. The third-order valence-electron chi connectivity index (χ3n) is 6.96. The van der Waals surface area contributed by atoms with Crippen LogP contribution in [0.1, 0.15) is 104 Å². The molecule has 1 fully saturated rings. The summed E-state index contributed by atoms with van der Waals surface area (Å²) in [5.74, 6) is 0.464. The van der Waals surface area contributed by atoms with Crippen LogP contribution in [-0.2, 0) is 19.1 Å². The standard InChI is InChI=1S/C27H42O5/c1-6-10-12-20(8-3)18-27(19-21(9-4)13-11-7-2)25(28)31-24(32-26(27)29)22-14-16-23(30-5)17-15-22/h14-17,20-21,24H,6-13,18-19H2,1-5H3. The maximum absolute atomic E-state index is 13.5. The molecule has 2 unspecified atom stereocenters. The van der Waals surface area contributed by atoms with Crippen LogP contribution in [-0.4, -0.2) is 19.0 Å². The van der Waals surface area contributed by atoms with Gasteiger partial charge in [0.2, 0.25) is 0 Å². The van der Waals surface area contributed by atoms with E-state index in [1.807, 2.05) is 0 Å². The minimum absolute atomic E-state index is 0.302. The van der Waals surface area contributed by atoms with Crippen LogP contribution in [0.2, 0.25) is 0 Å². The number of esters is 2. The molecule has 1 aromatic carbocycles. The molecule has 0 spiro atoms. The van der Waals surface area contributed by atoms with Crippen LogP contribution >= 0.6 is 0 Å². The van der Waals surface area contributed by atoms with Gasteiger partial charge in [0.25, 0.3) is 6.29 Å². The second-order valence-electron chi connectivity index (χ2n) is 9.24. The van der Waals surface area contributed by atoms with Crippen molar-refractivity contribution in [2.24, 2.45) is 17.3 Å². The fourth-order valence-electron chi connectivity index (χ4n) is 4.71. The highest BCUT2D eigenvalue weighted by Gasteiger charge is 2.55. The first-order valence-electron chi connectivity index (χ1n) is 12.5. The van der Waals surface area contributed by atoms with E-state index in [4.69, 9.17) is 14.2 Å². The monoisotopic (exact) mass is 446 g/mol. The molecule has 1 aromatic rings. The van der Waals surface area contributed by atoms with Gasteiger partial charge in [-0.15, -0.1) is 0 Å². The van der Waals surface area contributed by atoms with E-state index < -0.39 is 23.6 Å². The number of ether oxygens (including phenoxy) is 3. The zero-order valence-corrected chi connectivity index (χ0v) is 20.7. The minimum atomic E-state index is -1.20. The fourth-order valence-corrected chi connectivity index (χ4v) is 4.71. The van der Waals surface area contributed by atoms with Crippen LogP contribution in [0.15, 0.2) is 24.3 Å². The Balaban J connectivity index is 2.29. The number of cyclic esters (lactones) is 2. The Bertz CT molecular complexity index is 673. The van der Waals surface area contributed by atoms with Crippen LogP contribution in [0, 0.1) is 17.3 Å². The summed E-state index contributed by atoms with van der Waals surface area (Å²) in [4.78, 5) is 27.1. The van der Waals surface area contributed by atoms with E-state index in [2.05, 4.69) is 27.7 Å². The average Bonchev–Trinajstić information content (AvgIpc) is 2.82. The summed E-state index contributed by atoms with van der Waals surface area (Å²) in [6.45, 7) is 8.62. The molecule has 1 heterocycles. The predicted molar refractivity (Wildman–Crippen MR) is 126 cm³/mol. The number of unbranched alkanes of at least 4 members (excludes halogenated alkanes) is 2. The Morgan fingerprint density at radius 1 is 0.844 bits per heavy atom. The molecule has 1 aliphatic rings. The number of methoxy groups -OCH3 is 1. The zero-order valence-electron chi connectivity index (χ0n) is 20.7. The summed E-state index contributed by atoms with van der Waals surface area (Å²) >= 11 is 0. The van der Waals surface area contributed by atoms with E-state index in [9.17, 15) is 9.59 Å². The first-order valence-corrected chi connectivity index (χ1v) is 12.5. The van der Waals surface area contributed by atoms with Crippen LogP contribution in [0.5, 0.6) is 5.75 Å². The molecule has 0 aliphatic carbocycles. The molecule has 0 bridgehead atoms. The molecule has 0 saturated carbocycles. The Hall–Kier alpha value is -2.04. The highest BCUT2D eigenvalue weighted by molar-refractivity contribution is 6.01. The summed E-state index contributed by atoms with van der Waals surface area (Å²) in [6.07, 6.45) is 8.34. The maximum Gasteiger partial charge on any atom is 0.326 e. The molecule has 0 aromatic heterocycles. The molecule has 0 N–H and O–H groups in total. The van der Waals surface area contributed by atoms with Gasteiger partial charge in [-0.1, -0.05) is 79.1 Å². The lowest BCUT2D eigenvalue weighted by molar-refractivity contribution is -0.229. The van der Waals surface area contributed by atoms with E-state index in [-0.39, 0.29) is 0 Å². The highest BCUT2D eigenvalue weighted by Crippen LogP contribution is 2.45. The van der Waals surface area contributed by atoms with E-state index in [0.29, 0.717) is 36.0 Å². The second kappa shape index (κ2) is 12.9. The van der Waals surface area contributed by atoms with Crippen molar-refractivity contribution in [3.63, 3.8) is 0 Å². The van der Waals surface area contributed by atoms with Crippen molar-refractivity contribution in [1.29, 1.82) is 0 Å². The molecule has 2 atom stereocenters. The van der Waals surface area contributed by atoms with Gasteiger partial charge in [-0.2, -0.15) is 0 Å². The average molecular weight is 447 g/mol. The largest absolute Gasteiger partial charge is 0.497 e. The molecule has 2 rings (SSSR count). The fraction of sp³-hybridized carbons (Fsp3) is 0.704. The Kier molecular flexibility index (Phi) is 10.5. The lowest BCUT2D eigenvalue weighted by Gasteiger charge is -2.40. The normalized spacial score (nSPS) is 22.7. The summed E-state index contributed by atoms with van der Waals surface area (Å²) in [7, 11) is 1.59. The molecule has 5 heteroatoms. The van der Waals surface area contributed by atoms with E-state index in [1.165, 1.54) is 0 Å². The molecule has 1 aliphatic heterocycles. The number of hydrogen-bond donors (Lipinski definition) is 0. The van der Waals surface area contributed by atoms with Gasteiger partial charge in [0.05, 0.1) is 7.11 Å². The zero-order chi connectivity index (χ0) is 23.6. The van der Waals surface area contributed by atoms with Gasteiger partial charge in [-0.25, -0.2) is 0 Å². The van der Waals surface area contributed by atoms with Gasteiger partial charge in [0, 0.05) is 5.56 Å². The molecule has 1 saturated heterocycles. The van der Waals surface area contributed by atoms with Crippen molar-refractivity contribution in [2.45, 2.75) is 98.2 Å². The van der Waals surface area contributed by atoms with Crippen molar-refractivity contribution in [3.05, 3.63) is 29.8 Å². The summed E-state index contributed by atoms with van der Waals surface area (Å²) < 4.78 is 16.8. The minimum Gasteiger partial charge on any atom is -0.497 e. The number of benzene rings is 1. The van der Waals surface area contributed by atoms with Gasteiger partial charge in [0.1, 0.15) is 5.75 Å². The lowest BCUT2D eigenvalue weighted by atomic mass is 9.70. The van der Waals surface area contributed by atoms with E-state index in [0.717, 1.165) is 51.4 Å². The summed E-state index contributed by atoms with van der Waals surface area (Å²) in [5, 5.41) is 0. The maximum atomic E-state index is 13.5. The van der Waals surface area contributed by atoms with Crippen LogP contribution < -0.4 is 4.74 Å². The Labute approximate surface area is 194 Å². The van der Waals surface area contributed by atoms with Crippen molar-refractivity contribution in [1.82, 2.24) is 0 Å². The van der Waals surface area contributed by atoms with Crippen LogP contribution in [0.4, 0.5) is 0 Å². The first kappa shape index (κ1) is 26.2. The van der Waals surface area contributed by atoms with Crippen molar-refractivity contribution in [3.8, 4) is 5.75 Å². The van der Waals surface area contributed by atoms with Gasteiger partial charge in [-0.05, 0) is 48.9 Å². The van der Waals surface area contributed by atoms with Gasteiger partial charge in [-0.3, -0.25) is 9.59 Å². The quantitative estimate of drug-likeness (QED) is 0.227. The molecular weight excluding hydrogens is 404 g/mol. The third-order valence-corrected chi connectivity index (χ3v) is 6.96. The van der Waals surface area contributed by atoms with Gasteiger partial charge in [0.15, 0.2) is 5.41 Å². The second-order valence-corrected chi connectivity index (χ2v) is 9.24. The van der Waals surface area contributed by atoms with E-state index in [1.54, 1.807) is 31.4 Å². The third kappa shape index (κ3) is 6.49. The number of carbonyl (C=O) groups is 2. The van der Waals surface area contributed by atoms with Gasteiger partial charge >= 0.3 is 11.9 Å². The molecule has 32 heavy (non-hydrogen) atoms. The van der Waals surface area contributed by atoms with Crippen LogP contribution in [0.3, 0.4) is 0 Å². The molecule has 0 radical (unpaired) electrons. The van der Waals surface area contributed by atoms with E-state index >= 15 is 0 Å². The summed E-state index contributed by atoms with van der Waals surface area (Å²) in [6, 6.07) is 7.08. The summed E-state index contributed by atoms with van der Waals surface area (Å²) in [5.41, 5.74) is -0.566. The smallest absolute Gasteiger partial charge is 0.326 e. The number of carbonyl (C=O) groups excluding carboxylic acids is 2. The van der Waals surface area contributed by atoms with Crippen LogP contribution in [0.25, 0.3) is 0 Å². The molecule has 0 amide bonds. The molecule has 5 nitrogen and oxygen atoms in total. The van der Waals surface area contributed by atoms with Crippen molar-refractivity contribution < 1.29 is 23.8 Å². The SMILES string of the molecule is CCCCC(CC)CC1(CC(CC)CCCC)C(=O)OC(c2ccc(OC)cc2)OC1=O. The molecular formula is C27H42O5. The Morgan fingerprint density at radius 2 is 1.31 bits per heavy atom. The Morgan fingerprint density at radius 3 is 1.69 bits per heavy atom. The van der Waals surface area contributed by atoms with Crippen molar-refractivity contribution in [2.75, 3.05) is 7.11 Å².